The van der Waals surface area contributed by atoms with Gasteiger partial charge in [-0.3, -0.25) is 9.78 Å². The molecule has 150 valence electrons. The first kappa shape index (κ1) is 20.0. The number of urea groups is 1. The second-order valence-electron chi connectivity index (χ2n) is 6.59. The summed E-state index contributed by atoms with van der Waals surface area (Å²) in [5, 5.41) is 12.2. The van der Waals surface area contributed by atoms with Gasteiger partial charge < -0.3 is 20.5 Å². The van der Waals surface area contributed by atoms with E-state index in [9.17, 15) is 9.59 Å². The number of rotatable bonds is 7. The van der Waals surface area contributed by atoms with Crippen molar-refractivity contribution in [3.8, 4) is 11.4 Å². The van der Waals surface area contributed by atoms with Crippen LogP contribution in [0.25, 0.3) is 11.4 Å². The standard InChI is InChI=1S/C20H22N6O3/c1-13(2)22-20(28)24-16-6-4-3-5-15(16)23-17(27)7-8-18-25-19(26-29-18)14-9-11-21-12-10-14/h3-6,9-13H,7-8H2,1-2H3,(H,23,27)(H2,22,24,28). The Morgan fingerprint density at radius 1 is 1.03 bits per heavy atom. The van der Waals surface area contributed by atoms with Crippen LogP contribution in [0.15, 0.2) is 53.3 Å². The van der Waals surface area contributed by atoms with Gasteiger partial charge >= 0.3 is 6.03 Å². The van der Waals surface area contributed by atoms with Crippen molar-refractivity contribution >= 4 is 23.3 Å². The molecule has 0 unspecified atom stereocenters. The number of anilines is 2. The van der Waals surface area contributed by atoms with E-state index in [4.69, 9.17) is 4.52 Å². The molecule has 0 aliphatic heterocycles. The van der Waals surface area contributed by atoms with Crippen molar-refractivity contribution < 1.29 is 14.1 Å². The SMILES string of the molecule is CC(C)NC(=O)Nc1ccccc1NC(=O)CCc1nc(-c2ccncc2)no1. The Balaban J connectivity index is 1.56. The Morgan fingerprint density at radius 3 is 2.41 bits per heavy atom. The zero-order valence-electron chi connectivity index (χ0n) is 16.2. The number of amides is 3. The fourth-order valence-corrected chi connectivity index (χ4v) is 2.53. The number of hydrogen-bond donors (Lipinski definition) is 3. The van der Waals surface area contributed by atoms with E-state index in [1.54, 1.807) is 48.8 Å². The molecule has 3 aromatic rings. The summed E-state index contributed by atoms with van der Waals surface area (Å²) in [7, 11) is 0. The fraction of sp³-hybridized carbons (Fsp3) is 0.250. The molecule has 29 heavy (non-hydrogen) atoms. The van der Waals surface area contributed by atoms with Gasteiger partial charge in [0, 0.05) is 36.8 Å². The highest BCUT2D eigenvalue weighted by Crippen LogP contribution is 2.21. The third kappa shape index (κ3) is 5.86. The van der Waals surface area contributed by atoms with Gasteiger partial charge in [0.15, 0.2) is 0 Å². The minimum atomic E-state index is -0.337. The van der Waals surface area contributed by atoms with Crippen LogP contribution < -0.4 is 16.0 Å². The minimum Gasteiger partial charge on any atom is -0.339 e. The van der Waals surface area contributed by atoms with Gasteiger partial charge in [-0.05, 0) is 38.1 Å². The lowest BCUT2D eigenvalue weighted by molar-refractivity contribution is -0.116. The van der Waals surface area contributed by atoms with Gasteiger partial charge in [-0.2, -0.15) is 4.98 Å². The molecule has 0 aliphatic carbocycles. The molecule has 0 radical (unpaired) electrons. The summed E-state index contributed by atoms with van der Waals surface area (Å²) in [5.41, 5.74) is 1.82. The van der Waals surface area contributed by atoms with E-state index in [0.29, 0.717) is 29.5 Å². The third-order valence-corrected chi connectivity index (χ3v) is 3.84. The number of hydrogen-bond acceptors (Lipinski definition) is 6. The predicted octanol–water partition coefficient (Wildman–Crippen LogP) is 3.23. The summed E-state index contributed by atoms with van der Waals surface area (Å²) in [6.45, 7) is 3.73. The Labute approximate surface area is 167 Å². The molecule has 0 fully saturated rings. The highest BCUT2D eigenvalue weighted by molar-refractivity contribution is 5.99. The van der Waals surface area contributed by atoms with Crippen LogP contribution in [0.3, 0.4) is 0 Å². The van der Waals surface area contributed by atoms with Crippen LogP contribution in [-0.2, 0) is 11.2 Å². The van der Waals surface area contributed by atoms with Crippen molar-refractivity contribution in [2.24, 2.45) is 0 Å². The highest BCUT2D eigenvalue weighted by atomic mass is 16.5. The number of carbonyl (C=O) groups is 2. The summed E-state index contributed by atoms with van der Waals surface area (Å²) in [5.74, 6) is 0.593. The van der Waals surface area contributed by atoms with Crippen molar-refractivity contribution in [2.45, 2.75) is 32.7 Å². The monoisotopic (exact) mass is 394 g/mol. The van der Waals surface area contributed by atoms with Crippen molar-refractivity contribution in [1.82, 2.24) is 20.4 Å². The Kier molecular flexibility index (Phi) is 6.51. The maximum Gasteiger partial charge on any atom is 0.319 e. The molecular formula is C20H22N6O3. The Bertz CT molecular complexity index is 971. The van der Waals surface area contributed by atoms with Crippen LogP contribution in [0.1, 0.15) is 26.2 Å². The first-order valence-corrected chi connectivity index (χ1v) is 9.20. The summed E-state index contributed by atoms with van der Waals surface area (Å²) in [6, 6.07) is 10.2. The van der Waals surface area contributed by atoms with Crippen LogP contribution in [0.5, 0.6) is 0 Å². The van der Waals surface area contributed by atoms with E-state index in [2.05, 4.69) is 31.1 Å². The number of aryl methyl sites for hydroxylation is 1. The van der Waals surface area contributed by atoms with E-state index in [0.717, 1.165) is 5.56 Å². The smallest absolute Gasteiger partial charge is 0.319 e. The highest BCUT2D eigenvalue weighted by Gasteiger charge is 2.13. The maximum absolute atomic E-state index is 12.3. The van der Waals surface area contributed by atoms with E-state index in [-0.39, 0.29) is 24.4 Å². The molecule has 9 nitrogen and oxygen atoms in total. The molecule has 2 heterocycles. The second kappa shape index (κ2) is 9.45. The maximum atomic E-state index is 12.3. The summed E-state index contributed by atoms with van der Waals surface area (Å²) >= 11 is 0. The Hall–Kier alpha value is -3.75. The van der Waals surface area contributed by atoms with Crippen molar-refractivity contribution in [3.05, 3.63) is 54.7 Å². The summed E-state index contributed by atoms with van der Waals surface area (Å²) in [4.78, 5) is 32.5. The minimum absolute atomic E-state index is 0.00296. The molecule has 0 spiro atoms. The van der Waals surface area contributed by atoms with Crippen LogP contribution in [-0.4, -0.2) is 33.1 Å². The molecular weight excluding hydrogens is 372 g/mol. The second-order valence-corrected chi connectivity index (χ2v) is 6.59. The fourth-order valence-electron chi connectivity index (χ4n) is 2.53. The van der Waals surface area contributed by atoms with Gasteiger partial charge in [0.05, 0.1) is 11.4 Å². The number of carbonyl (C=O) groups excluding carboxylic acids is 2. The topological polar surface area (TPSA) is 122 Å². The van der Waals surface area contributed by atoms with Gasteiger partial charge in [-0.1, -0.05) is 17.3 Å². The molecule has 2 aromatic heterocycles. The number of nitrogens with one attached hydrogen (secondary N) is 3. The molecule has 0 saturated heterocycles. The number of benzene rings is 1. The lowest BCUT2D eigenvalue weighted by Crippen LogP contribution is -2.34. The molecule has 0 atom stereocenters. The number of nitrogens with zero attached hydrogens (tertiary/aromatic N) is 3. The number of para-hydroxylation sites is 2. The quantitative estimate of drug-likeness (QED) is 0.565. The molecule has 3 rings (SSSR count). The molecule has 0 bridgehead atoms. The average molecular weight is 394 g/mol. The van der Waals surface area contributed by atoms with E-state index in [1.165, 1.54) is 0 Å². The molecule has 9 heteroatoms. The van der Waals surface area contributed by atoms with E-state index in [1.807, 2.05) is 13.8 Å². The third-order valence-electron chi connectivity index (χ3n) is 3.84. The van der Waals surface area contributed by atoms with E-state index >= 15 is 0 Å². The largest absolute Gasteiger partial charge is 0.339 e. The van der Waals surface area contributed by atoms with Crippen molar-refractivity contribution in [2.75, 3.05) is 10.6 Å². The van der Waals surface area contributed by atoms with Gasteiger partial charge in [-0.25, -0.2) is 4.79 Å². The number of pyridine rings is 1. The zero-order chi connectivity index (χ0) is 20.6. The normalized spacial score (nSPS) is 10.6. The first-order valence-electron chi connectivity index (χ1n) is 9.20. The zero-order valence-corrected chi connectivity index (χ0v) is 16.2. The van der Waals surface area contributed by atoms with Crippen LogP contribution >= 0.6 is 0 Å². The Morgan fingerprint density at radius 2 is 1.72 bits per heavy atom. The van der Waals surface area contributed by atoms with Crippen LogP contribution in [0.2, 0.25) is 0 Å². The first-order chi connectivity index (χ1) is 14.0. The lowest BCUT2D eigenvalue weighted by atomic mass is 10.2. The van der Waals surface area contributed by atoms with Gasteiger partial charge in [0.2, 0.25) is 17.6 Å². The molecule has 3 N–H and O–H groups in total. The van der Waals surface area contributed by atoms with E-state index < -0.39 is 0 Å². The summed E-state index contributed by atoms with van der Waals surface area (Å²) in [6.07, 6.45) is 3.75. The average Bonchev–Trinajstić information content (AvgIpc) is 3.17. The number of aromatic nitrogens is 3. The van der Waals surface area contributed by atoms with Crippen LogP contribution in [0.4, 0.5) is 16.2 Å². The van der Waals surface area contributed by atoms with Gasteiger partial charge in [-0.15, -0.1) is 0 Å². The van der Waals surface area contributed by atoms with Gasteiger partial charge in [0.25, 0.3) is 0 Å². The van der Waals surface area contributed by atoms with Crippen LogP contribution in [0, 0.1) is 0 Å². The lowest BCUT2D eigenvalue weighted by Gasteiger charge is -2.14. The van der Waals surface area contributed by atoms with Gasteiger partial charge in [0.1, 0.15) is 0 Å². The van der Waals surface area contributed by atoms with Crippen molar-refractivity contribution in [1.29, 1.82) is 0 Å². The molecule has 3 amide bonds. The molecule has 0 saturated carbocycles. The molecule has 1 aromatic carbocycles. The predicted molar refractivity (Wildman–Crippen MR) is 108 cm³/mol. The molecule has 0 aliphatic rings. The summed E-state index contributed by atoms with van der Waals surface area (Å²) < 4.78 is 5.21. The van der Waals surface area contributed by atoms with Crippen molar-refractivity contribution in [3.63, 3.8) is 0 Å².